The summed E-state index contributed by atoms with van der Waals surface area (Å²) in [5, 5.41) is 19.3. The van der Waals surface area contributed by atoms with Crippen LogP contribution >= 0.6 is 11.6 Å². The van der Waals surface area contributed by atoms with Gasteiger partial charge in [-0.1, -0.05) is 17.7 Å². The molecular weight excluding hydrogens is 328 g/mol. The zero-order valence-corrected chi connectivity index (χ0v) is 14.4. The van der Waals surface area contributed by atoms with Gasteiger partial charge in [0.2, 0.25) is 5.95 Å². The van der Waals surface area contributed by atoms with E-state index in [-0.39, 0.29) is 6.61 Å². The van der Waals surface area contributed by atoms with E-state index in [1.807, 2.05) is 24.3 Å². The van der Waals surface area contributed by atoms with Crippen LogP contribution in [0, 0.1) is 0 Å². The topological polar surface area (TPSA) is 85.3 Å². The Balaban J connectivity index is 1.98. The Labute approximate surface area is 146 Å². The molecule has 0 aliphatic carbocycles. The lowest BCUT2D eigenvalue weighted by atomic mass is 10.3. The van der Waals surface area contributed by atoms with E-state index >= 15 is 0 Å². The molecule has 2 heterocycles. The molecule has 1 aromatic heterocycles. The Morgan fingerprint density at radius 3 is 2.92 bits per heavy atom. The third-order valence-corrected chi connectivity index (χ3v) is 3.93. The van der Waals surface area contributed by atoms with Crippen molar-refractivity contribution in [1.82, 2.24) is 9.97 Å². The third kappa shape index (κ3) is 3.47. The first-order valence-corrected chi connectivity index (χ1v) is 8.26. The number of benzene rings is 1. The molecule has 3 rings (SSSR count). The molecular formula is C16H21ClN6O. The van der Waals surface area contributed by atoms with Crippen molar-refractivity contribution in [3.05, 3.63) is 29.3 Å². The third-order valence-electron chi connectivity index (χ3n) is 3.69. The number of fused-ring (bicyclic) bond motifs is 1. The van der Waals surface area contributed by atoms with E-state index in [1.165, 1.54) is 0 Å². The molecule has 0 spiro atoms. The van der Waals surface area contributed by atoms with E-state index in [0.717, 1.165) is 17.2 Å². The van der Waals surface area contributed by atoms with Gasteiger partial charge in [-0.3, -0.25) is 0 Å². The van der Waals surface area contributed by atoms with Crippen molar-refractivity contribution in [3.63, 3.8) is 0 Å². The van der Waals surface area contributed by atoms with Crippen LogP contribution in [0.4, 0.5) is 29.0 Å². The van der Waals surface area contributed by atoms with Gasteiger partial charge >= 0.3 is 0 Å². The van der Waals surface area contributed by atoms with E-state index in [1.54, 1.807) is 0 Å². The molecule has 1 aliphatic rings. The van der Waals surface area contributed by atoms with Crippen molar-refractivity contribution in [3.8, 4) is 0 Å². The molecule has 4 N–H and O–H groups in total. The van der Waals surface area contributed by atoms with Gasteiger partial charge in [0.05, 0.1) is 13.3 Å². The lowest BCUT2D eigenvalue weighted by molar-refractivity contribution is 0.311. The highest BCUT2D eigenvalue weighted by Crippen LogP contribution is 2.38. The smallest absolute Gasteiger partial charge is 0.226 e. The molecule has 0 saturated heterocycles. The molecule has 2 aromatic rings. The van der Waals surface area contributed by atoms with Crippen LogP contribution in [-0.2, 0) is 0 Å². The van der Waals surface area contributed by atoms with Crippen LogP contribution in [0.25, 0.3) is 0 Å². The van der Waals surface area contributed by atoms with Gasteiger partial charge < -0.3 is 26.0 Å². The molecule has 0 fully saturated rings. The van der Waals surface area contributed by atoms with Gasteiger partial charge in [0.1, 0.15) is 5.69 Å². The predicted octanol–water partition coefficient (Wildman–Crippen LogP) is 2.88. The second-order valence-electron chi connectivity index (χ2n) is 5.78. The second-order valence-corrected chi connectivity index (χ2v) is 6.22. The number of halogens is 1. The average molecular weight is 349 g/mol. The van der Waals surface area contributed by atoms with Crippen LogP contribution in [-0.4, -0.2) is 40.9 Å². The van der Waals surface area contributed by atoms with E-state index in [4.69, 9.17) is 16.7 Å². The molecule has 1 aliphatic heterocycles. The van der Waals surface area contributed by atoms with Crippen molar-refractivity contribution in [2.75, 3.05) is 40.7 Å². The lowest BCUT2D eigenvalue weighted by Gasteiger charge is -2.22. The Kier molecular flexibility index (Phi) is 4.92. The monoisotopic (exact) mass is 348 g/mol. The highest BCUT2D eigenvalue weighted by atomic mass is 35.5. The minimum Gasteiger partial charge on any atom is -0.395 e. The lowest BCUT2D eigenvalue weighted by Crippen LogP contribution is -2.30. The highest BCUT2D eigenvalue weighted by molar-refractivity contribution is 6.30. The summed E-state index contributed by atoms with van der Waals surface area (Å²) >= 11 is 6.06. The van der Waals surface area contributed by atoms with Gasteiger partial charge in [-0.05, 0) is 32.0 Å². The summed E-state index contributed by atoms with van der Waals surface area (Å²) in [6, 6.07) is 7.77. The number of rotatable bonds is 6. The molecule has 128 valence electrons. The minimum atomic E-state index is 0.0175. The van der Waals surface area contributed by atoms with Gasteiger partial charge in [-0.15, -0.1) is 0 Å². The van der Waals surface area contributed by atoms with E-state index in [2.05, 4.69) is 44.7 Å². The fraction of sp³-hybridized carbons (Fsp3) is 0.375. The number of anilines is 5. The van der Waals surface area contributed by atoms with Crippen molar-refractivity contribution >= 4 is 40.6 Å². The van der Waals surface area contributed by atoms with Crippen molar-refractivity contribution in [2.45, 2.75) is 19.9 Å². The van der Waals surface area contributed by atoms with Crippen LogP contribution < -0.4 is 20.9 Å². The van der Waals surface area contributed by atoms with Crippen LogP contribution in [0.1, 0.15) is 13.8 Å². The van der Waals surface area contributed by atoms with Gasteiger partial charge in [0.15, 0.2) is 11.6 Å². The zero-order valence-electron chi connectivity index (χ0n) is 13.7. The van der Waals surface area contributed by atoms with Crippen LogP contribution in [0.3, 0.4) is 0 Å². The zero-order chi connectivity index (χ0) is 17.1. The molecule has 1 aromatic carbocycles. The number of aliphatic hydroxyl groups is 1. The van der Waals surface area contributed by atoms with Gasteiger partial charge in [-0.2, -0.15) is 9.97 Å². The fourth-order valence-corrected chi connectivity index (χ4v) is 2.72. The van der Waals surface area contributed by atoms with E-state index in [9.17, 15) is 0 Å². The standard InChI is InChI=1S/C16H21ClN6O/c1-10(2)23-9-19-13-14(20-12-5-3-4-11(17)8-12)21-16(18-6-7-24)22-15(13)23/h3-5,8,10,19,24H,6-7,9H2,1-2H3,(H2,18,20,21,22). The summed E-state index contributed by atoms with van der Waals surface area (Å²) in [7, 11) is 0. The highest BCUT2D eigenvalue weighted by Gasteiger charge is 2.27. The predicted molar refractivity (Wildman–Crippen MR) is 98.4 cm³/mol. The number of aliphatic hydroxyl groups excluding tert-OH is 1. The molecule has 8 heteroatoms. The molecule has 0 atom stereocenters. The molecule has 0 bridgehead atoms. The van der Waals surface area contributed by atoms with Crippen molar-refractivity contribution in [1.29, 1.82) is 0 Å². The summed E-state index contributed by atoms with van der Waals surface area (Å²) < 4.78 is 0. The molecule has 0 unspecified atom stereocenters. The van der Waals surface area contributed by atoms with Crippen molar-refractivity contribution < 1.29 is 5.11 Å². The maximum atomic E-state index is 9.03. The first-order chi connectivity index (χ1) is 11.6. The summed E-state index contributed by atoms with van der Waals surface area (Å²) in [5.74, 6) is 1.98. The van der Waals surface area contributed by atoms with Gasteiger partial charge in [-0.25, -0.2) is 0 Å². The molecule has 0 radical (unpaired) electrons. The number of aromatic nitrogens is 2. The Hall–Kier alpha value is -2.25. The van der Waals surface area contributed by atoms with E-state index < -0.39 is 0 Å². The maximum Gasteiger partial charge on any atom is 0.226 e. The minimum absolute atomic E-state index is 0.0175. The van der Waals surface area contributed by atoms with Crippen LogP contribution in [0.15, 0.2) is 24.3 Å². The van der Waals surface area contributed by atoms with Gasteiger partial charge in [0, 0.05) is 23.3 Å². The Bertz CT molecular complexity index is 724. The normalized spacial score (nSPS) is 13.0. The number of nitrogens with zero attached hydrogens (tertiary/aromatic N) is 3. The molecule has 0 saturated carbocycles. The van der Waals surface area contributed by atoms with Gasteiger partial charge in [0.25, 0.3) is 0 Å². The molecule has 0 amide bonds. The summed E-state index contributed by atoms with van der Waals surface area (Å²) in [4.78, 5) is 11.3. The first-order valence-electron chi connectivity index (χ1n) is 7.88. The number of hydrogen-bond acceptors (Lipinski definition) is 7. The maximum absolute atomic E-state index is 9.03. The molecule has 7 nitrogen and oxygen atoms in total. The summed E-state index contributed by atoms with van der Waals surface area (Å²) in [6.07, 6.45) is 0. The Morgan fingerprint density at radius 1 is 1.38 bits per heavy atom. The quantitative estimate of drug-likeness (QED) is 0.638. The first kappa shape index (κ1) is 16.6. The van der Waals surface area contributed by atoms with E-state index in [0.29, 0.717) is 36.0 Å². The summed E-state index contributed by atoms with van der Waals surface area (Å²) in [6.45, 7) is 5.32. The largest absolute Gasteiger partial charge is 0.395 e. The second kappa shape index (κ2) is 7.11. The van der Waals surface area contributed by atoms with Crippen molar-refractivity contribution in [2.24, 2.45) is 0 Å². The van der Waals surface area contributed by atoms with Crippen LogP contribution in [0.5, 0.6) is 0 Å². The van der Waals surface area contributed by atoms with Crippen LogP contribution in [0.2, 0.25) is 5.02 Å². The number of nitrogens with one attached hydrogen (secondary N) is 3. The Morgan fingerprint density at radius 2 is 2.21 bits per heavy atom. The SMILES string of the molecule is CC(C)N1CNc2c(Nc3cccc(Cl)c3)nc(NCCO)nc21. The summed E-state index contributed by atoms with van der Waals surface area (Å²) in [5.41, 5.74) is 1.71. The fourth-order valence-electron chi connectivity index (χ4n) is 2.53. The molecule has 24 heavy (non-hydrogen) atoms. The average Bonchev–Trinajstić information content (AvgIpc) is 2.97. The number of hydrogen-bond donors (Lipinski definition) is 4.